The highest BCUT2D eigenvalue weighted by atomic mass is 35.5. The molecule has 5 rings (SSSR count). The van der Waals surface area contributed by atoms with Gasteiger partial charge in [-0.05, 0) is 81.9 Å². The second-order valence-electron chi connectivity index (χ2n) is 10.4. The summed E-state index contributed by atoms with van der Waals surface area (Å²) in [4.78, 5) is 33.7. The van der Waals surface area contributed by atoms with Crippen LogP contribution < -0.4 is 20.7 Å². The van der Waals surface area contributed by atoms with Crippen molar-refractivity contribution in [3.63, 3.8) is 0 Å². The summed E-state index contributed by atoms with van der Waals surface area (Å²) in [6.45, 7) is 3.84. The van der Waals surface area contributed by atoms with Gasteiger partial charge in [0.15, 0.2) is 0 Å². The zero-order valence-corrected chi connectivity index (χ0v) is 20.9. The number of nitrogens with two attached hydrogens (primary N) is 1. The number of pyridine rings is 1. The minimum atomic E-state index is -0.747. The van der Waals surface area contributed by atoms with Crippen LogP contribution in [0.25, 0.3) is 0 Å². The molecule has 1 unspecified atom stereocenters. The topological polar surface area (TPSA) is 97.6 Å². The quantitative estimate of drug-likeness (QED) is 0.520. The van der Waals surface area contributed by atoms with E-state index in [0.717, 1.165) is 43.7 Å². The van der Waals surface area contributed by atoms with Crippen molar-refractivity contribution < 1.29 is 18.7 Å². The lowest BCUT2D eigenvalue weighted by molar-refractivity contribution is -0.123. The molecule has 3 atom stereocenters. The molecule has 3 aliphatic rings. The van der Waals surface area contributed by atoms with E-state index in [4.69, 9.17) is 22.1 Å². The van der Waals surface area contributed by atoms with Crippen LogP contribution in [0.15, 0.2) is 24.4 Å². The van der Waals surface area contributed by atoms with Gasteiger partial charge in [0.1, 0.15) is 11.9 Å². The van der Waals surface area contributed by atoms with E-state index in [-0.39, 0.29) is 33.6 Å². The Morgan fingerprint density at radius 3 is 2.63 bits per heavy atom. The third-order valence-corrected chi connectivity index (χ3v) is 7.81. The maximum Gasteiger partial charge on any atom is 0.261 e. The number of carbonyl (C=O) groups is 2. The molecule has 3 saturated carbocycles. The fraction of sp³-hybridized carbons (Fsp3) is 0.500. The van der Waals surface area contributed by atoms with Gasteiger partial charge in [0.2, 0.25) is 11.8 Å². The number of ether oxygens (including phenoxy) is 1. The zero-order chi connectivity index (χ0) is 25.1. The van der Waals surface area contributed by atoms with Gasteiger partial charge in [-0.25, -0.2) is 9.37 Å². The number of anilines is 2. The summed E-state index contributed by atoms with van der Waals surface area (Å²) in [6.07, 6.45) is 6.53. The predicted molar refractivity (Wildman–Crippen MR) is 132 cm³/mol. The van der Waals surface area contributed by atoms with Crippen molar-refractivity contribution in [1.29, 1.82) is 0 Å². The monoisotopic (exact) mass is 500 g/mol. The van der Waals surface area contributed by atoms with E-state index < -0.39 is 17.8 Å². The Balaban J connectivity index is 1.60. The molecule has 0 radical (unpaired) electrons. The van der Waals surface area contributed by atoms with Crippen LogP contribution in [0.2, 0.25) is 5.02 Å². The molecular formula is C26H30ClFN4O3. The lowest BCUT2D eigenvalue weighted by Gasteiger charge is -2.33. The molecule has 35 heavy (non-hydrogen) atoms. The van der Waals surface area contributed by atoms with Crippen molar-refractivity contribution in [2.75, 3.05) is 17.7 Å². The fourth-order valence-corrected chi connectivity index (χ4v) is 5.19. The Morgan fingerprint density at radius 2 is 2.03 bits per heavy atom. The normalized spacial score (nSPS) is 22.8. The Kier molecular flexibility index (Phi) is 5.90. The van der Waals surface area contributed by atoms with Crippen LogP contribution in [-0.4, -0.2) is 35.5 Å². The number of amides is 2. The summed E-state index contributed by atoms with van der Waals surface area (Å²) in [5.74, 6) is 0.0400. The Hall–Kier alpha value is -2.87. The summed E-state index contributed by atoms with van der Waals surface area (Å²) in [5.41, 5.74) is 6.99. The molecule has 1 aromatic heterocycles. The number of aryl methyl sites for hydroxylation is 1. The number of aromatic nitrogens is 1. The molecule has 3 N–H and O–H groups in total. The first kappa shape index (κ1) is 23.9. The van der Waals surface area contributed by atoms with E-state index in [2.05, 4.69) is 10.3 Å². The van der Waals surface area contributed by atoms with Crippen molar-refractivity contribution in [1.82, 2.24) is 10.3 Å². The second kappa shape index (κ2) is 8.66. The molecule has 0 spiro atoms. The summed E-state index contributed by atoms with van der Waals surface area (Å²) in [5, 5.41) is 2.96. The predicted octanol–water partition coefficient (Wildman–Crippen LogP) is 4.50. The van der Waals surface area contributed by atoms with Gasteiger partial charge < -0.3 is 15.8 Å². The van der Waals surface area contributed by atoms with E-state index in [1.165, 1.54) is 24.3 Å². The van der Waals surface area contributed by atoms with Crippen LogP contribution in [0.5, 0.6) is 5.88 Å². The van der Waals surface area contributed by atoms with Crippen molar-refractivity contribution >= 4 is 34.8 Å². The van der Waals surface area contributed by atoms with Gasteiger partial charge in [-0.3, -0.25) is 14.5 Å². The number of rotatable bonds is 8. The van der Waals surface area contributed by atoms with Crippen LogP contribution in [0.3, 0.4) is 0 Å². The van der Waals surface area contributed by atoms with Crippen LogP contribution in [0, 0.1) is 30.5 Å². The van der Waals surface area contributed by atoms with Gasteiger partial charge in [0.05, 0.1) is 29.6 Å². The minimum absolute atomic E-state index is 0.0216. The molecule has 0 saturated heterocycles. The average molecular weight is 501 g/mol. The fourth-order valence-electron chi connectivity index (χ4n) is 5.03. The Bertz CT molecular complexity index is 1200. The molecule has 0 aliphatic heterocycles. The summed E-state index contributed by atoms with van der Waals surface area (Å²) in [7, 11) is 1.52. The highest BCUT2D eigenvalue weighted by molar-refractivity contribution is 6.31. The standard InChI is InChI=1S/C26H30ClFN4O3/c1-13-8-15(12-30-24(13)35-3)32(25(34)18-10-19(27)20(28)11-21(18)29)22(17-9-16(17)14-4-5-14)23(33)31-26(2)6-7-26/h8,10-12,14,16-17,22H,4-7,9,29H2,1-3H3,(H,31,33)/t16-,17+,22?/m0/s1. The maximum absolute atomic E-state index is 14.1. The SMILES string of the molecule is COc1ncc(N(C(=O)c2cc(Cl)c(F)cc2N)C(C(=O)NC2(C)CC2)[C@@H]2C[C@H]2C2CC2)cc1C. The molecule has 1 aromatic carbocycles. The average Bonchev–Trinajstić information content (AvgIpc) is 3.66. The largest absolute Gasteiger partial charge is 0.481 e. The zero-order valence-electron chi connectivity index (χ0n) is 20.1. The van der Waals surface area contributed by atoms with E-state index in [1.807, 2.05) is 13.8 Å². The third kappa shape index (κ3) is 4.68. The van der Waals surface area contributed by atoms with Gasteiger partial charge in [0.25, 0.3) is 5.91 Å². The first-order chi connectivity index (χ1) is 16.6. The highest BCUT2D eigenvalue weighted by Crippen LogP contribution is 2.57. The van der Waals surface area contributed by atoms with Crippen LogP contribution in [0.1, 0.15) is 54.9 Å². The molecular weight excluding hydrogens is 471 g/mol. The summed E-state index contributed by atoms with van der Waals surface area (Å²) >= 11 is 6.02. The number of hydrogen-bond donors (Lipinski definition) is 2. The number of nitrogens with one attached hydrogen (secondary N) is 1. The molecule has 0 bridgehead atoms. The van der Waals surface area contributed by atoms with Crippen LogP contribution in [0.4, 0.5) is 15.8 Å². The van der Waals surface area contributed by atoms with Crippen LogP contribution in [-0.2, 0) is 4.79 Å². The number of hydrogen-bond acceptors (Lipinski definition) is 5. The number of halogens is 2. The lowest BCUT2D eigenvalue weighted by atomic mass is 10.0. The molecule has 2 amide bonds. The number of nitrogens with zero attached hydrogens (tertiary/aromatic N) is 2. The van der Waals surface area contributed by atoms with Gasteiger partial charge in [0, 0.05) is 16.8 Å². The van der Waals surface area contributed by atoms with E-state index >= 15 is 0 Å². The van der Waals surface area contributed by atoms with Gasteiger partial charge in [-0.1, -0.05) is 11.6 Å². The van der Waals surface area contributed by atoms with Crippen LogP contribution >= 0.6 is 11.6 Å². The van der Waals surface area contributed by atoms with E-state index in [9.17, 15) is 14.0 Å². The summed E-state index contributed by atoms with van der Waals surface area (Å²) < 4.78 is 19.3. The molecule has 9 heteroatoms. The minimum Gasteiger partial charge on any atom is -0.481 e. The van der Waals surface area contributed by atoms with Crippen molar-refractivity contribution in [2.45, 2.75) is 57.5 Å². The molecule has 3 fully saturated rings. The number of carbonyl (C=O) groups excluding carboxylic acids is 2. The molecule has 1 heterocycles. The van der Waals surface area contributed by atoms with Gasteiger partial charge in [-0.2, -0.15) is 0 Å². The third-order valence-electron chi connectivity index (χ3n) is 7.52. The summed E-state index contributed by atoms with van der Waals surface area (Å²) in [6, 6.07) is 3.30. The smallest absolute Gasteiger partial charge is 0.261 e. The Labute approximate surface area is 209 Å². The van der Waals surface area contributed by atoms with Crippen molar-refractivity contribution in [2.24, 2.45) is 17.8 Å². The lowest BCUT2D eigenvalue weighted by Crippen LogP contribution is -2.54. The number of benzene rings is 1. The highest BCUT2D eigenvalue weighted by Gasteiger charge is 2.56. The van der Waals surface area contributed by atoms with Gasteiger partial charge >= 0.3 is 0 Å². The molecule has 7 nitrogen and oxygen atoms in total. The Morgan fingerprint density at radius 1 is 1.31 bits per heavy atom. The van der Waals surface area contributed by atoms with E-state index in [1.54, 1.807) is 6.07 Å². The second-order valence-corrected chi connectivity index (χ2v) is 10.9. The van der Waals surface area contributed by atoms with Crippen molar-refractivity contribution in [3.05, 3.63) is 46.4 Å². The van der Waals surface area contributed by atoms with Crippen molar-refractivity contribution in [3.8, 4) is 5.88 Å². The van der Waals surface area contributed by atoms with E-state index in [0.29, 0.717) is 23.4 Å². The van der Waals surface area contributed by atoms with Gasteiger partial charge in [-0.15, -0.1) is 0 Å². The number of methoxy groups -OCH3 is 1. The first-order valence-electron chi connectivity index (χ1n) is 12.0. The molecule has 2 aromatic rings. The maximum atomic E-state index is 14.1. The molecule has 3 aliphatic carbocycles. The molecule has 186 valence electrons. The number of nitrogen functional groups attached to an aromatic ring is 1. The first-order valence-corrected chi connectivity index (χ1v) is 12.4.